The number of aromatic nitrogens is 1. The van der Waals surface area contributed by atoms with Gasteiger partial charge in [0.1, 0.15) is 0 Å². The van der Waals surface area contributed by atoms with Gasteiger partial charge in [-0.25, -0.2) is 0 Å². The van der Waals surface area contributed by atoms with Gasteiger partial charge >= 0.3 is 0 Å². The van der Waals surface area contributed by atoms with E-state index in [0.29, 0.717) is 6.54 Å². The lowest BCUT2D eigenvalue weighted by atomic mass is 10.1. The zero-order valence-corrected chi connectivity index (χ0v) is 8.77. The van der Waals surface area contributed by atoms with Crippen molar-refractivity contribution in [3.8, 4) is 0 Å². The van der Waals surface area contributed by atoms with E-state index in [4.69, 9.17) is 5.11 Å². The van der Waals surface area contributed by atoms with E-state index in [9.17, 15) is 5.11 Å². The normalized spacial score (nSPS) is 11.1. The minimum absolute atomic E-state index is 0.0464. The summed E-state index contributed by atoms with van der Waals surface area (Å²) in [7, 11) is 0. The maximum atomic E-state index is 9.32. The predicted molar refractivity (Wildman–Crippen MR) is 59.7 cm³/mol. The van der Waals surface area contributed by atoms with Crippen molar-refractivity contribution >= 4 is 10.9 Å². The van der Waals surface area contributed by atoms with E-state index in [1.807, 2.05) is 35.8 Å². The summed E-state index contributed by atoms with van der Waals surface area (Å²) in [5.41, 5.74) is 3.07. The summed E-state index contributed by atoms with van der Waals surface area (Å²) < 4.78 is 2.04. The van der Waals surface area contributed by atoms with E-state index < -0.39 is 0 Å². The van der Waals surface area contributed by atoms with Crippen LogP contribution in [0.2, 0.25) is 0 Å². The van der Waals surface area contributed by atoms with Gasteiger partial charge in [-0.1, -0.05) is 18.2 Å². The van der Waals surface area contributed by atoms with E-state index in [2.05, 4.69) is 0 Å². The summed E-state index contributed by atoms with van der Waals surface area (Å²) in [4.78, 5) is 0. The van der Waals surface area contributed by atoms with Crippen LogP contribution in [-0.4, -0.2) is 21.4 Å². The van der Waals surface area contributed by atoms with Crippen molar-refractivity contribution in [3.05, 3.63) is 35.5 Å². The fourth-order valence-corrected chi connectivity index (χ4v) is 2.09. The van der Waals surface area contributed by atoms with Crippen LogP contribution in [0.25, 0.3) is 10.9 Å². The summed E-state index contributed by atoms with van der Waals surface area (Å²) in [5.74, 6) is 0. The van der Waals surface area contributed by atoms with Gasteiger partial charge in [0.2, 0.25) is 0 Å². The second kappa shape index (κ2) is 4.04. The van der Waals surface area contributed by atoms with Gasteiger partial charge in [-0.3, -0.25) is 0 Å². The molecule has 0 fully saturated rings. The topological polar surface area (TPSA) is 45.4 Å². The molecular formula is C12H15NO2. The highest BCUT2D eigenvalue weighted by atomic mass is 16.3. The summed E-state index contributed by atoms with van der Waals surface area (Å²) in [6.07, 6.45) is 0. The molecule has 0 spiro atoms. The van der Waals surface area contributed by atoms with Crippen molar-refractivity contribution in [1.29, 1.82) is 0 Å². The van der Waals surface area contributed by atoms with Gasteiger partial charge in [-0.2, -0.15) is 0 Å². The number of aliphatic hydroxyl groups excluding tert-OH is 2. The molecule has 2 aromatic rings. The van der Waals surface area contributed by atoms with Gasteiger partial charge in [0, 0.05) is 28.7 Å². The number of benzene rings is 1. The lowest BCUT2D eigenvalue weighted by molar-refractivity contribution is 0.272. The lowest BCUT2D eigenvalue weighted by Crippen LogP contribution is -2.04. The fourth-order valence-electron chi connectivity index (χ4n) is 2.09. The van der Waals surface area contributed by atoms with Crippen LogP contribution in [0.4, 0.5) is 0 Å². The van der Waals surface area contributed by atoms with E-state index >= 15 is 0 Å². The van der Waals surface area contributed by atoms with Crippen LogP contribution in [0.1, 0.15) is 11.3 Å². The van der Waals surface area contributed by atoms with Gasteiger partial charge in [-0.05, 0) is 13.0 Å². The zero-order valence-electron chi connectivity index (χ0n) is 8.77. The number of fused-ring (bicyclic) bond motifs is 1. The van der Waals surface area contributed by atoms with Crippen molar-refractivity contribution in [3.63, 3.8) is 0 Å². The van der Waals surface area contributed by atoms with Crippen LogP contribution in [0.15, 0.2) is 24.3 Å². The van der Waals surface area contributed by atoms with E-state index in [-0.39, 0.29) is 13.2 Å². The fraction of sp³-hybridized carbons (Fsp3) is 0.333. The van der Waals surface area contributed by atoms with Gasteiger partial charge in [0.25, 0.3) is 0 Å². The first-order chi connectivity index (χ1) is 7.29. The molecule has 80 valence electrons. The zero-order chi connectivity index (χ0) is 10.8. The molecule has 0 aliphatic heterocycles. The summed E-state index contributed by atoms with van der Waals surface area (Å²) in [5, 5.41) is 19.4. The second-order valence-corrected chi connectivity index (χ2v) is 3.61. The molecule has 0 saturated carbocycles. The van der Waals surface area contributed by atoms with Crippen LogP contribution in [0, 0.1) is 6.92 Å². The van der Waals surface area contributed by atoms with Gasteiger partial charge in [0.15, 0.2) is 0 Å². The summed E-state index contributed by atoms with van der Waals surface area (Å²) >= 11 is 0. The highest BCUT2D eigenvalue weighted by Crippen LogP contribution is 2.25. The number of para-hydroxylation sites is 1. The Morgan fingerprint density at radius 3 is 2.60 bits per heavy atom. The number of aliphatic hydroxyl groups is 2. The first-order valence-electron chi connectivity index (χ1n) is 5.08. The summed E-state index contributed by atoms with van der Waals surface area (Å²) in [6.45, 7) is 2.71. The molecule has 1 aromatic carbocycles. The van der Waals surface area contributed by atoms with Gasteiger partial charge < -0.3 is 14.8 Å². The molecule has 3 heteroatoms. The van der Waals surface area contributed by atoms with Crippen molar-refractivity contribution in [2.45, 2.75) is 20.1 Å². The quantitative estimate of drug-likeness (QED) is 0.796. The smallest absolute Gasteiger partial charge is 0.0705 e. The maximum absolute atomic E-state index is 9.32. The first-order valence-corrected chi connectivity index (χ1v) is 5.08. The third-order valence-corrected chi connectivity index (χ3v) is 2.84. The molecule has 0 aliphatic carbocycles. The Hall–Kier alpha value is -1.32. The third-order valence-electron chi connectivity index (χ3n) is 2.84. The van der Waals surface area contributed by atoms with Crippen molar-refractivity contribution in [1.82, 2.24) is 4.57 Å². The molecule has 15 heavy (non-hydrogen) atoms. The van der Waals surface area contributed by atoms with Crippen molar-refractivity contribution < 1.29 is 10.2 Å². The molecular weight excluding hydrogens is 190 g/mol. The van der Waals surface area contributed by atoms with Gasteiger partial charge in [-0.15, -0.1) is 0 Å². The maximum Gasteiger partial charge on any atom is 0.0705 e. The number of nitrogens with zero attached hydrogens (tertiary/aromatic N) is 1. The molecule has 0 bridgehead atoms. The Labute approximate surface area is 88.6 Å². The molecule has 0 amide bonds. The Balaban J connectivity index is 2.72. The highest BCUT2D eigenvalue weighted by molar-refractivity contribution is 5.85. The van der Waals surface area contributed by atoms with Gasteiger partial charge in [0.05, 0.1) is 13.2 Å². The molecule has 0 unspecified atom stereocenters. The molecule has 1 aromatic heterocycles. The number of hydrogen-bond donors (Lipinski definition) is 2. The lowest BCUT2D eigenvalue weighted by Gasteiger charge is -2.05. The molecule has 2 N–H and O–H groups in total. The average Bonchev–Trinajstić information content (AvgIpc) is 2.53. The molecule has 0 saturated heterocycles. The highest BCUT2D eigenvalue weighted by Gasteiger charge is 2.11. The third kappa shape index (κ3) is 1.54. The van der Waals surface area contributed by atoms with E-state index in [1.165, 1.54) is 0 Å². The van der Waals surface area contributed by atoms with Crippen LogP contribution in [0.3, 0.4) is 0 Å². The molecule has 2 rings (SSSR count). The molecule has 1 heterocycles. The monoisotopic (exact) mass is 205 g/mol. The van der Waals surface area contributed by atoms with E-state index in [1.54, 1.807) is 0 Å². The van der Waals surface area contributed by atoms with Crippen molar-refractivity contribution in [2.24, 2.45) is 0 Å². The number of hydrogen-bond acceptors (Lipinski definition) is 2. The Morgan fingerprint density at radius 2 is 1.93 bits per heavy atom. The SMILES string of the molecule is Cc1c(CO)c2ccccc2n1CCO. The Kier molecular flexibility index (Phi) is 2.75. The second-order valence-electron chi connectivity index (χ2n) is 3.61. The minimum Gasteiger partial charge on any atom is -0.395 e. The summed E-state index contributed by atoms with van der Waals surface area (Å²) in [6, 6.07) is 7.94. The first kappa shape index (κ1) is 10.2. The van der Waals surface area contributed by atoms with Crippen LogP contribution >= 0.6 is 0 Å². The predicted octanol–water partition coefficient (Wildman–Crippen LogP) is 1.43. The Morgan fingerprint density at radius 1 is 1.20 bits per heavy atom. The number of rotatable bonds is 3. The van der Waals surface area contributed by atoms with Crippen LogP contribution in [-0.2, 0) is 13.2 Å². The van der Waals surface area contributed by atoms with Crippen molar-refractivity contribution in [2.75, 3.05) is 6.61 Å². The average molecular weight is 205 g/mol. The Bertz CT molecular complexity index is 474. The van der Waals surface area contributed by atoms with Crippen LogP contribution < -0.4 is 0 Å². The van der Waals surface area contributed by atoms with E-state index in [0.717, 1.165) is 22.2 Å². The molecule has 0 atom stereocenters. The standard InChI is InChI=1S/C12H15NO2/c1-9-11(8-15)10-4-2-3-5-12(10)13(9)6-7-14/h2-5,14-15H,6-8H2,1H3. The molecule has 3 nitrogen and oxygen atoms in total. The minimum atomic E-state index is 0.0464. The van der Waals surface area contributed by atoms with Crippen LogP contribution in [0.5, 0.6) is 0 Å². The molecule has 0 radical (unpaired) electrons. The molecule has 0 aliphatic rings. The largest absolute Gasteiger partial charge is 0.395 e.